The van der Waals surface area contributed by atoms with Gasteiger partial charge in [-0.1, -0.05) is 26.0 Å². The number of hydrogen-bond donors (Lipinski definition) is 1. The van der Waals surface area contributed by atoms with Crippen molar-refractivity contribution in [1.29, 1.82) is 0 Å². The zero-order valence-corrected chi connectivity index (χ0v) is 18.4. The molecule has 29 heavy (non-hydrogen) atoms. The summed E-state index contributed by atoms with van der Waals surface area (Å²) in [6.45, 7) is 10.5. The summed E-state index contributed by atoms with van der Waals surface area (Å²) in [7, 11) is 1.68. The third-order valence-electron chi connectivity index (χ3n) is 5.91. The SMILES string of the molecule is COc1cc(C)c(C(=O)NC(C)c2ccc(N3CCCCC3)cc2)cc1C(C)C. The molecule has 2 aromatic rings. The van der Waals surface area contributed by atoms with Gasteiger partial charge in [-0.05, 0) is 80.0 Å². The van der Waals surface area contributed by atoms with E-state index in [-0.39, 0.29) is 17.9 Å². The number of amides is 1. The summed E-state index contributed by atoms with van der Waals surface area (Å²) in [5, 5.41) is 3.16. The summed E-state index contributed by atoms with van der Waals surface area (Å²) in [6, 6.07) is 12.5. The zero-order valence-electron chi connectivity index (χ0n) is 18.4. The fraction of sp³-hybridized carbons (Fsp3) is 0.480. The van der Waals surface area contributed by atoms with Gasteiger partial charge in [0, 0.05) is 24.3 Å². The van der Waals surface area contributed by atoms with Gasteiger partial charge in [0.05, 0.1) is 13.2 Å². The number of carbonyl (C=O) groups excluding carboxylic acids is 1. The Morgan fingerprint density at radius 3 is 2.28 bits per heavy atom. The molecule has 0 aromatic heterocycles. The molecule has 1 aliphatic rings. The van der Waals surface area contributed by atoms with Gasteiger partial charge < -0.3 is 15.0 Å². The van der Waals surface area contributed by atoms with Crippen molar-refractivity contribution in [2.24, 2.45) is 0 Å². The van der Waals surface area contributed by atoms with Crippen molar-refractivity contribution < 1.29 is 9.53 Å². The standard InChI is InChI=1S/C25H34N2O2/c1-17(2)22-16-23(18(3)15-24(22)29-5)25(28)26-19(4)20-9-11-21(12-10-20)27-13-7-6-8-14-27/h9-12,15-17,19H,6-8,13-14H2,1-5H3,(H,26,28). The van der Waals surface area contributed by atoms with Gasteiger partial charge >= 0.3 is 0 Å². The van der Waals surface area contributed by atoms with Crippen molar-refractivity contribution in [2.75, 3.05) is 25.1 Å². The smallest absolute Gasteiger partial charge is 0.252 e. The Hall–Kier alpha value is -2.49. The van der Waals surface area contributed by atoms with Crippen LogP contribution in [0.15, 0.2) is 36.4 Å². The van der Waals surface area contributed by atoms with Gasteiger partial charge in [-0.2, -0.15) is 0 Å². The maximum atomic E-state index is 13.0. The highest BCUT2D eigenvalue weighted by Crippen LogP contribution is 2.30. The first kappa shape index (κ1) is 21.2. The van der Waals surface area contributed by atoms with Gasteiger partial charge in [0.15, 0.2) is 0 Å². The van der Waals surface area contributed by atoms with Crippen LogP contribution in [0.2, 0.25) is 0 Å². The first-order valence-corrected chi connectivity index (χ1v) is 10.7. The van der Waals surface area contributed by atoms with Gasteiger partial charge in [0.25, 0.3) is 5.91 Å². The van der Waals surface area contributed by atoms with Crippen molar-refractivity contribution in [1.82, 2.24) is 5.32 Å². The number of nitrogens with zero attached hydrogens (tertiary/aromatic N) is 1. The minimum atomic E-state index is -0.0538. The van der Waals surface area contributed by atoms with Crippen LogP contribution in [-0.2, 0) is 0 Å². The third kappa shape index (κ3) is 4.92. The highest BCUT2D eigenvalue weighted by atomic mass is 16.5. The summed E-state index contributed by atoms with van der Waals surface area (Å²) in [5.41, 5.74) is 5.10. The van der Waals surface area contributed by atoms with Gasteiger partial charge in [-0.25, -0.2) is 0 Å². The van der Waals surface area contributed by atoms with E-state index in [9.17, 15) is 4.79 Å². The lowest BCUT2D eigenvalue weighted by Gasteiger charge is -2.29. The molecule has 1 aliphatic heterocycles. The minimum absolute atomic E-state index is 0.0420. The molecule has 1 saturated heterocycles. The highest BCUT2D eigenvalue weighted by Gasteiger charge is 2.18. The van der Waals surface area contributed by atoms with Crippen LogP contribution in [0.1, 0.15) is 79.0 Å². The van der Waals surface area contributed by atoms with E-state index in [1.807, 2.05) is 26.0 Å². The molecule has 1 fully saturated rings. The number of ether oxygens (including phenoxy) is 1. The number of hydrogen-bond acceptors (Lipinski definition) is 3. The second-order valence-corrected chi connectivity index (χ2v) is 8.40. The molecule has 1 heterocycles. The molecule has 0 spiro atoms. The molecule has 0 bridgehead atoms. The maximum Gasteiger partial charge on any atom is 0.252 e. The number of carbonyl (C=O) groups is 1. The summed E-state index contributed by atoms with van der Waals surface area (Å²) in [5.74, 6) is 1.09. The van der Waals surface area contributed by atoms with Crippen molar-refractivity contribution >= 4 is 11.6 Å². The quantitative estimate of drug-likeness (QED) is 0.692. The van der Waals surface area contributed by atoms with E-state index in [0.29, 0.717) is 5.56 Å². The minimum Gasteiger partial charge on any atom is -0.496 e. The molecule has 2 aromatic carbocycles. The van der Waals surface area contributed by atoms with Crippen LogP contribution < -0.4 is 15.0 Å². The number of piperidine rings is 1. The fourth-order valence-electron chi connectivity index (χ4n) is 4.05. The molecule has 1 unspecified atom stereocenters. The van der Waals surface area contributed by atoms with Crippen molar-refractivity contribution in [2.45, 2.75) is 58.9 Å². The van der Waals surface area contributed by atoms with E-state index in [4.69, 9.17) is 4.74 Å². The van der Waals surface area contributed by atoms with Gasteiger partial charge in [-0.15, -0.1) is 0 Å². The van der Waals surface area contributed by atoms with Crippen molar-refractivity contribution in [3.05, 3.63) is 58.7 Å². The van der Waals surface area contributed by atoms with Crippen molar-refractivity contribution in [3.63, 3.8) is 0 Å². The van der Waals surface area contributed by atoms with Gasteiger partial charge in [0.2, 0.25) is 0 Å². The number of aryl methyl sites for hydroxylation is 1. The predicted octanol–water partition coefficient (Wildman–Crippen LogP) is 5.61. The molecule has 4 nitrogen and oxygen atoms in total. The van der Waals surface area contributed by atoms with Crippen LogP contribution >= 0.6 is 0 Å². The van der Waals surface area contributed by atoms with E-state index in [1.54, 1.807) is 7.11 Å². The largest absolute Gasteiger partial charge is 0.496 e. The monoisotopic (exact) mass is 394 g/mol. The summed E-state index contributed by atoms with van der Waals surface area (Å²) in [6.07, 6.45) is 3.88. The van der Waals surface area contributed by atoms with E-state index in [1.165, 1.54) is 24.9 Å². The lowest BCUT2D eigenvalue weighted by Crippen LogP contribution is -2.29. The van der Waals surface area contributed by atoms with Crippen LogP contribution in [0.4, 0.5) is 5.69 Å². The molecule has 4 heteroatoms. The molecule has 0 radical (unpaired) electrons. The van der Waals surface area contributed by atoms with Crippen LogP contribution in [0.3, 0.4) is 0 Å². The topological polar surface area (TPSA) is 41.6 Å². The van der Waals surface area contributed by atoms with Crippen LogP contribution in [0, 0.1) is 6.92 Å². The molecule has 1 atom stereocenters. The van der Waals surface area contributed by atoms with E-state index >= 15 is 0 Å². The Labute approximate surface area is 175 Å². The molecule has 0 aliphatic carbocycles. The molecular formula is C25H34N2O2. The second kappa shape index (κ2) is 9.34. The summed E-state index contributed by atoms with van der Waals surface area (Å²) >= 11 is 0. The number of nitrogens with one attached hydrogen (secondary N) is 1. The Morgan fingerprint density at radius 2 is 1.69 bits per heavy atom. The highest BCUT2D eigenvalue weighted by molar-refractivity contribution is 5.96. The first-order valence-electron chi connectivity index (χ1n) is 10.7. The maximum absolute atomic E-state index is 13.0. The van der Waals surface area contributed by atoms with Crippen molar-refractivity contribution in [3.8, 4) is 5.75 Å². The average molecular weight is 395 g/mol. The number of rotatable bonds is 6. The van der Waals surface area contributed by atoms with E-state index in [0.717, 1.165) is 35.5 Å². The molecule has 1 amide bonds. The number of anilines is 1. The number of benzene rings is 2. The Balaban J connectivity index is 1.72. The number of methoxy groups -OCH3 is 1. The normalized spacial score (nSPS) is 15.3. The van der Waals surface area contributed by atoms with Crippen LogP contribution in [0.5, 0.6) is 5.75 Å². The molecule has 156 valence electrons. The zero-order chi connectivity index (χ0) is 21.0. The first-order chi connectivity index (χ1) is 13.9. The predicted molar refractivity (Wildman–Crippen MR) is 120 cm³/mol. The second-order valence-electron chi connectivity index (χ2n) is 8.40. The fourth-order valence-corrected chi connectivity index (χ4v) is 4.05. The van der Waals surface area contributed by atoms with Crippen LogP contribution in [0.25, 0.3) is 0 Å². The summed E-state index contributed by atoms with van der Waals surface area (Å²) < 4.78 is 5.50. The average Bonchev–Trinajstić information content (AvgIpc) is 2.73. The lowest BCUT2D eigenvalue weighted by atomic mass is 9.95. The van der Waals surface area contributed by atoms with Gasteiger partial charge in [0.1, 0.15) is 5.75 Å². The Morgan fingerprint density at radius 1 is 1.03 bits per heavy atom. The summed E-state index contributed by atoms with van der Waals surface area (Å²) in [4.78, 5) is 15.4. The molecule has 3 rings (SSSR count). The molecule has 0 saturated carbocycles. The molecular weight excluding hydrogens is 360 g/mol. The van der Waals surface area contributed by atoms with E-state index < -0.39 is 0 Å². The third-order valence-corrected chi connectivity index (χ3v) is 5.91. The van der Waals surface area contributed by atoms with E-state index in [2.05, 4.69) is 48.3 Å². The Kier molecular flexibility index (Phi) is 6.83. The van der Waals surface area contributed by atoms with Gasteiger partial charge in [-0.3, -0.25) is 4.79 Å². The molecule has 1 N–H and O–H groups in total. The lowest BCUT2D eigenvalue weighted by molar-refractivity contribution is 0.0939. The van der Waals surface area contributed by atoms with Crippen LogP contribution in [-0.4, -0.2) is 26.1 Å². The Bertz CT molecular complexity index is 837.